The lowest BCUT2D eigenvalue weighted by Crippen LogP contribution is -2.33. The summed E-state index contributed by atoms with van der Waals surface area (Å²) in [5, 5.41) is 0.489. The smallest absolute Gasteiger partial charge is 0.306 e. The molecule has 0 radical (unpaired) electrons. The van der Waals surface area contributed by atoms with Crippen molar-refractivity contribution in [3.05, 3.63) is 69.1 Å². The minimum absolute atomic E-state index is 0.338. The molecule has 2 heterocycles. The predicted octanol–water partition coefficient (Wildman–Crippen LogP) is 1.38. The van der Waals surface area contributed by atoms with E-state index in [1.165, 1.54) is 6.20 Å². The first-order chi connectivity index (χ1) is 9.16. The number of aromatic nitrogens is 3. The molecule has 0 amide bonds. The van der Waals surface area contributed by atoms with Crippen LogP contribution < -0.4 is 11.2 Å². The van der Waals surface area contributed by atoms with Crippen molar-refractivity contribution in [3.8, 4) is 5.69 Å². The number of nitrogens with one attached hydrogen (secondary N) is 1. The fraction of sp³-hybridized carbons (Fsp3) is 0.0714. The van der Waals surface area contributed by atoms with Crippen LogP contribution >= 0.6 is 0 Å². The number of aromatic amines is 1. The lowest BCUT2D eigenvalue weighted by atomic mass is 10.2. The molecule has 0 fully saturated rings. The van der Waals surface area contributed by atoms with Crippen molar-refractivity contribution in [1.29, 1.82) is 0 Å². The number of nitrogens with zero attached hydrogens (tertiary/aromatic N) is 2. The highest BCUT2D eigenvalue weighted by atomic mass is 16.2. The summed E-state index contributed by atoms with van der Waals surface area (Å²) in [4.78, 5) is 31.1. The molecular weight excluding hydrogens is 242 g/mol. The molecule has 5 heteroatoms. The largest absolute Gasteiger partial charge is 0.333 e. The van der Waals surface area contributed by atoms with Gasteiger partial charge in [0.15, 0.2) is 0 Å². The monoisotopic (exact) mass is 253 g/mol. The second-order valence-electron chi connectivity index (χ2n) is 4.33. The van der Waals surface area contributed by atoms with Gasteiger partial charge in [-0.05, 0) is 31.2 Å². The van der Waals surface area contributed by atoms with Gasteiger partial charge in [0, 0.05) is 6.20 Å². The minimum atomic E-state index is -0.464. The molecular formula is C14H11N3O2. The molecule has 0 unspecified atom stereocenters. The van der Waals surface area contributed by atoms with E-state index in [4.69, 9.17) is 0 Å². The molecule has 0 aliphatic rings. The number of hydrogen-bond acceptors (Lipinski definition) is 3. The Kier molecular flexibility index (Phi) is 2.52. The Morgan fingerprint density at radius 1 is 1.21 bits per heavy atom. The topological polar surface area (TPSA) is 67.8 Å². The Balaban J connectivity index is 2.44. The predicted molar refractivity (Wildman–Crippen MR) is 72.7 cm³/mol. The molecule has 0 aliphatic heterocycles. The first-order valence-corrected chi connectivity index (χ1v) is 5.83. The lowest BCUT2D eigenvalue weighted by molar-refractivity contribution is 0.894. The van der Waals surface area contributed by atoms with Gasteiger partial charge >= 0.3 is 5.69 Å². The van der Waals surface area contributed by atoms with Gasteiger partial charge < -0.3 is 4.98 Å². The highest BCUT2D eigenvalue weighted by Crippen LogP contribution is 2.09. The van der Waals surface area contributed by atoms with Gasteiger partial charge in [0.1, 0.15) is 0 Å². The number of benzene rings is 1. The average molecular weight is 253 g/mol. The van der Waals surface area contributed by atoms with Gasteiger partial charge in [-0.15, -0.1) is 0 Å². The quantitative estimate of drug-likeness (QED) is 0.712. The third-order valence-electron chi connectivity index (χ3n) is 2.96. The van der Waals surface area contributed by atoms with Crippen LogP contribution in [0.25, 0.3) is 16.6 Å². The zero-order chi connectivity index (χ0) is 13.4. The Morgan fingerprint density at radius 3 is 2.79 bits per heavy atom. The van der Waals surface area contributed by atoms with Gasteiger partial charge in [-0.25, -0.2) is 9.36 Å². The molecule has 5 nitrogen and oxygen atoms in total. The molecule has 3 aromatic rings. The molecule has 1 aromatic carbocycles. The summed E-state index contributed by atoms with van der Waals surface area (Å²) >= 11 is 0. The zero-order valence-electron chi connectivity index (χ0n) is 10.3. The molecule has 0 saturated heterocycles. The van der Waals surface area contributed by atoms with Crippen LogP contribution in [0.4, 0.5) is 0 Å². The maximum Gasteiger partial charge on any atom is 0.333 e. The van der Waals surface area contributed by atoms with Crippen molar-refractivity contribution >= 4 is 10.9 Å². The van der Waals surface area contributed by atoms with Crippen LogP contribution in [0.2, 0.25) is 0 Å². The number of rotatable bonds is 1. The molecule has 3 rings (SSSR count). The number of H-pyrrole nitrogens is 1. The first-order valence-electron chi connectivity index (χ1n) is 5.83. The second-order valence-corrected chi connectivity index (χ2v) is 4.33. The normalized spacial score (nSPS) is 10.8. The molecule has 0 bridgehead atoms. The number of fused-ring (bicyclic) bond motifs is 1. The van der Waals surface area contributed by atoms with E-state index in [2.05, 4.69) is 9.97 Å². The third kappa shape index (κ3) is 1.85. The van der Waals surface area contributed by atoms with E-state index in [0.29, 0.717) is 16.6 Å². The maximum absolute atomic E-state index is 12.4. The van der Waals surface area contributed by atoms with E-state index < -0.39 is 5.69 Å². The summed E-state index contributed by atoms with van der Waals surface area (Å²) in [5.74, 6) is 0. The van der Waals surface area contributed by atoms with Crippen molar-refractivity contribution in [2.45, 2.75) is 6.92 Å². The van der Waals surface area contributed by atoms with E-state index in [1.807, 2.05) is 13.0 Å². The van der Waals surface area contributed by atoms with E-state index in [1.54, 1.807) is 30.5 Å². The van der Waals surface area contributed by atoms with Crippen molar-refractivity contribution in [3.63, 3.8) is 0 Å². The lowest BCUT2D eigenvalue weighted by Gasteiger charge is -2.06. The van der Waals surface area contributed by atoms with Crippen LogP contribution in [-0.2, 0) is 0 Å². The summed E-state index contributed by atoms with van der Waals surface area (Å²) in [6.07, 6.45) is 3.08. The van der Waals surface area contributed by atoms with Crippen LogP contribution in [0.1, 0.15) is 5.56 Å². The molecule has 0 saturated carbocycles. The maximum atomic E-state index is 12.4. The van der Waals surface area contributed by atoms with Gasteiger partial charge in [0.2, 0.25) is 0 Å². The van der Waals surface area contributed by atoms with E-state index in [0.717, 1.165) is 10.1 Å². The summed E-state index contributed by atoms with van der Waals surface area (Å²) < 4.78 is 1.09. The molecule has 0 aliphatic carbocycles. The van der Waals surface area contributed by atoms with Crippen molar-refractivity contribution in [2.75, 3.05) is 0 Å². The molecule has 0 atom stereocenters. The SMILES string of the molecule is Cc1ccc2[nH]c(=O)n(-c3cccnc3)c(=O)c2c1. The average Bonchev–Trinajstić information content (AvgIpc) is 2.41. The van der Waals surface area contributed by atoms with Crippen LogP contribution in [0, 0.1) is 6.92 Å². The molecule has 1 N–H and O–H groups in total. The van der Waals surface area contributed by atoms with Crippen LogP contribution in [0.3, 0.4) is 0 Å². The van der Waals surface area contributed by atoms with Crippen LogP contribution in [0.15, 0.2) is 52.3 Å². The number of pyridine rings is 1. The van der Waals surface area contributed by atoms with Gasteiger partial charge in [0.05, 0.1) is 22.8 Å². The second kappa shape index (κ2) is 4.20. The number of aryl methyl sites for hydroxylation is 1. The Morgan fingerprint density at radius 2 is 2.05 bits per heavy atom. The molecule has 2 aromatic heterocycles. The summed E-state index contributed by atoms with van der Waals surface area (Å²) in [5.41, 5.74) is 1.16. The number of hydrogen-bond donors (Lipinski definition) is 1. The molecule has 94 valence electrons. The first kappa shape index (κ1) is 11.4. The van der Waals surface area contributed by atoms with Crippen molar-refractivity contribution in [2.24, 2.45) is 0 Å². The van der Waals surface area contributed by atoms with E-state index in [-0.39, 0.29) is 5.56 Å². The molecule has 19 heavy (non-hydrogen) atoms. The summed E-state index contributed by atoms with van der Waals surface area (Å²) in [6.45, 7) is 1.90. The van der Waals surface area contributed by atoms with Crippen LogP contribution in [-0.4, -0.2) is 14.5 Å². The fourth-order valence-corrected chi connectivity index (χ4v) is 2.05. The summed E-state index contributed by atoms with van der Waals surface area (Å²) in [7, 11) is 0. The minimum Gasteiger partial charge on any atom is -0.306 e. The van der Waals surface area contributed by atoms with Gasteiger partial charge in [0.25, 0.3) is 5.56 Å². The Bertz CT molecular complexity index is 863. The zero-order valence-corrected chi connectivity index (χ0v) is 10.3. The van der Waals surface area contributed by atoms with Gasteiger partial charge in [-0.1, -0.05) is 11.6 Å². The van der Waals surface area contributed by atoms with E-state index >= 15 is 0 Å². The highest BCUT2D eigenvalue weighted by molar-refractivity contribution is 5.78. The highest BCUT2D eigenvalue weighted by Gasteiger charge is 2.09. The summed E-state index contributed by atoms with van der Waals surface area (Å²) in [6, 6.07) is 8.71. The van der Waals surface area contributed by atoms with Crippen LogP contribution in [0.5, 0.6) is 0 Å². The molecule has 0 spiro atoms. The van der Waals surface area contributed by atoms with Crippen molar-refractivity contribution < 1.29 is 0 Å². The Hall–Kier alpha value is -2.69. The Labute approximate surface area is 108 Å². The standard InChI is InChI=1S/C14H11N3O2/c1-9-4-5-12-11(7-9)13(18)17(14(19)16-12)10-3-2-6-15-8-10/h2-8H,1H3,(H,16,19). The van der Waals surface area contributed by atoms with Gasteiger partial charge in [-0.3, -0.25) is 9.78 Å². The fourth-order valence-electron chi connectivity index (χ4n) is 2.05. The van der Waals surface area contributed by atoms with Crippen molar-refractivity contribution in [1.82, 2.24) is 14.5 Å². The third-order valence-corrected chi connectivity index (χ3v) is 2.96. The van der Waals surface area contributed by atoms with E-state index in [9.17, 15) is 9.59 Å². The van der Waals surface area contributed by atoms with Gasteiger partial charge in [-0.2, -0.15) is 0 Å².